The second kappa shape index (κ2) is 8.11. The summed E-state index contributed by atoms with van der Waals surface area (Å²) in [4.78, 5) is 25.7. The fraction of sp³-hybridized carbons (Fsp3) is 0.556. The summed E-state index contributed by atoms with van der Waals surface area (Å²) in [6.07, 6.45) is 2.36. The van der Waals surface area contributed by atoms with Crippen LogP contribution in [-0.4, -0.2) is 42.4 Å². The van der Waals surface area contributed by atoms with Crippen molar-refractivity contribution in [3.63, 3.8) is 0 Å². The molecule has 1 heterocycles. The molecule has 1 aliphatic rings. The Morgan fingerprint density at radius 2 is 1.96 bits per heavy atom. The number of carbonyl (C=O) groups is 2. The van der Waals surface area contributed by atoms with Crippen LogP contribution in [0.4, 0.5) is 10.5 Å². The highest BCUT2D eigenvalue weighted by molar-refractivity contribution is 5.95. The van der Waals surface area contributed by atoms with Crippen molar-refractivity contribution in [3.05, 3.63) is 29.8 Å². The van der Waals surface area contributed by atoms with E-state index in [1.54, 1.807) is 24.3 Å². The van der Waals surface area contributed by atoms with Gasteiger partial charge in [-0.3, -0.25) is 4.79 Å². The van der Waals surface area contributed by atoms with Crippen LogP contribution in [0.1, 0.15) is 44.0 Å². The third kappa shape index (κ3) is 5.36. The first-order valence-corrected chi connectivity index (χ1v) is 8.35. The van der Waals surface area contributed by atoms with E-state index in [-0.39, 0.29) is 11.8 Å². The van der Waals surface area contributed by atoms with Gasteiger partial charge in [0, 0.05) is 30.4 Å². The lowest BCUT2D eigenvalue weighted by molar-refractivity contribution is 0.101. The highest BCUT2D eigenvalue weighted by atomic mass is 16.2. The first-order chi connectivity index (χ1) is 11.0. The third-order valence-corrected chi connectivity index (χ3v) is 4.38. The zero-order valence-electron chi connectivity index (χ0n) is 14.3. The molecule has 2 amide bonds. The van der Waals surface area contributed by atoms with E-state index in [1.165, 1.54) is 13.3 Å². The largest absolute Gasteiger partial charge is 0.338 e. The Morgan fingerprint density at radius 1 is 1.26 bits per heavy atom. The average Bonchev–Trinajstić information content (AvgIpc) is 2.53. The molecule has 0 radical (unpaired) electrons. The van der Waals surface area contributed by atoms with E-state index in [2.05, 4.69) is 29.4 Å². The number of carbonyl (C=O) groups excluding carboxylic acids is 2. The molecule has 5 heteroatoms. The zero-order chi connectivity index (χ0) is 16.8. The zero-order valence-corrected chi connectivity index (χ0v) is 14.3. The Labute approximate surface area is 138 Å². The highest BCUT2D eigenvalue weighted by Crippen LogP contribution is 2.17. The van der Waals surface area contributed by atoms with Crippen LogP contribution < -0.4 is 10.6 Å². The molecule has 1 unspecified atom stereocenters. The molecule has 1 atom stereocenters. The first kappa shape index (κ1) is 17.5. The van der Waals surface area contributed by atoms with Gasteiger partial charge in [-0.2, -0.15) is 0 Å². The van der Waals surface area contributed by atoms with Crippen molar-refractivity contribution in [2.24, 2.45) is 5.92 Å². The summed E-state index contributed by atoms with van der Waals surface area (Å²) in [7, 11) is 0. The van der Waals surface area contributed by atoms with Crippen molar-refractivity contribution < 1.29 is 9.59 Å². The summed E-state index contributed by atoms with van der Waals surface area (Å²) in [5.74, 6) is 0.532. The number of ketones is 1. The predicted octanol–water partition coefficient (Wildman–Crippen LogP) is 3.13. The molecule has 2 N–H and O–H groups in total. The monoisotopic (exact) mass is 317 g/mol. The number of rotatable bonds is 5. The summed E-state index contributed by atoms with van der Waals surface area (Å²) in [5, 5.41) is 5.76. The van der Waals surface area contributed by atoms with Gasteiger partial charge in [0.1, 0.15) is 0 Å². The Hall–Kier alpha value is -1.88. The molecule has 23 heavy (non-hydrogen) atoms. The van der Waals surface area contributed by atoms with Gasteiger partial charge in [0.2, 0.25) is 0 Å². The Bertz CT molecular complexity index is 540. The molecule has 2 rings (SSSR count). The van der Waals surface area contributed by atoms with Crippen molar-refractivity contribution in [2.75, 3.05) is 25.0 Å². The molecule has 126 valence electrons. The topological polar surface area (TPSA) is 61.4 Å². The quantitative estimate of drug-likeness (QED) is 0.820. The minimum Gasteiger partial charge on any atom is -0.338 e. The molecule has 1 saturated heterocycles. The van der Waals surface area contributed by atoms with Crippen LogP contribution in [0, 0.1) is 5.92 Å². The molecule has 0 aromatic heterocycles. The number of anilines is 1. The van der Waals surface area contributed by atoms with Crippen LogP contribution in [0.3, 0.4) is 0 Å². The maximum Gasteiger partial charge on any atom is 0.319 e. The van der Waals surface area contributed by atoms with Gasteiger partial charge in [0.25, 0.3) is 0 Å². The molecule has 0 saturated carbocycles. The van der Waals surface area contributed by atoms with Crippen molar-refractivity contribution in [3.8, 4) is 0 Å². The van der Waals surface area contributed by atoms with E-state index in [0.717, 1.165) is 19.5 Å². The van der Waals surface area contributed by atoms with Crippen LogP contribution >= 0.6 is 0 Å². The minimum absolute atomic E-state index is 0.0213. The number of Topliss-reactive ketones (excluding diaryl/α,β-unsaturated/α-hetero) is 1. The van der Waals surface area contributed by atoms with Gasteiger partial charge in [-0.15, -0.1) is 0 Å². The van der Waals surface area contributed by atoms with Gasteiger partial charge in [0.05, 0.1) is 0 Å². The summed E-state index contributed by atoms with van der Waals surface area (Å²) in [6, 6.07) is 7.31. The lowest BCUT2D eigenvalue weighted by Gasteiger charge is -2.35. The smallest absolute Gasteiger partial charge is 0.319 e. The summed E-state index contributed by atoms with van der Waals surface area (Å²) in [6.45, 7) is 8.86. The van der Waals surface area contributed by atoms with E-state index < -0.39 is 0 Å². The number of hydrogen-bond donors (Lipinski definition) is 2. The van der Waals surface area contributed by atoms with Crippen molar-refractivity contribution >= 4 is 17.5 Å². The summed E-state index contributed by atoms with van der Waals surface area (Å²) >= 11 is 0. The lowest BCUT2D eigenvalue weighted by atomic mass is 9.97. The predicted molar refractivity (Wildman–Crippen MR) is 92.9 cm³/mol. The fourth-order valence-electron chi connectivity index (χ4n) is 2.93. The Morgan fingerprint density at radius 3 is 2.57 bits per heavy atom. The number of nitrogens with zero attached hydrogens (tertiary/aromatic N) is 1. The molecule has 1 fully saturated rings. The third-order valence-electron chi connectivity index (χ3n) is 4.38. The Balaban J connectivity index is 1.77. The number of urea groups is 1. The van der Waals surface area contributed by atoms with Crippen molar-refractivity contribution in [1.82, 2.24) is 10.2 Å². The molecule has 0 bridgehead atoms. The number of amides is 2. The lowest BCUT2D eigenvalue weighted by Crippen LogP contribution is -2.44. The fourth-order valence-corrected chi connectivity index (χ4v) is 2.93. The van der Waals surface area contributed by atoms with E-state index in [9.17, 15) is 9.59 Å². The molecule has 1 aromatic rings. The maximum absolute atomic E-state index is 12.0. The highest BCUT2D eigenvalue weighted by Gasteiger charge is 2.21. The number of likely N-dealkylation sites (tertiary alicyclic amines) is 1. The number of hydrogen-bond acceptors (Lipinski definition) is 3. The van der Waals surface area contributed by atoms with Crippen LogP contribution in [0.2, 0.25) is 0 Å². The average molecular weight is 317 g/mol. The van der Waals surface area contributed by atoms with E-state index in [1.807, 2.05) is 0 Å². The van der Waals surface area contributed by atoms with E-state index in [0.29, 0.717) is 29.8 Å². The number of benzene rings is 1. The van der Waals surface area contributed by atoms with Crippen LogP contribution in [0.15, 0.2) is 24.3 Å². The number of piperidine rings is 1. The van der Waals surface area contributed by atoms with Gasteiger partial charge in [-0.05, 0) is 70.3 Å². The molecule has 5 nitrogen and oxygen atoms in total. The summed E-state index contributed by atoms with van der Waals surface area (Å²) in [5.41, 5.74) is 1.34. The first-order valence-electron chi connectivity index (χ1n) is 8.35. The normalized spacial score (nSPS) is 18.7. The van der Waals surface area contributed by atoms with Gasteiger partial charge < -0.3 is 15.5 Å². The Kier molecular flexibility index (Phi) is 6.16. The molecular formula is C18H27N3O2. The molecular weight excluding hydrogens is 290 g/mol. The molecule has 1 aromatic carbocycles. The maximum atomic E-state index is 12.0. The number of nitrogens with one attached hydrogen (secondary N) is 2. The minimum atomic E-state index is -0.192. The van der Waals surface area contributed by atoms with Crippen molar-refractivity contribution in [2.45, 2.75) is 39.7 Å². The van der Waals surface area contributed by atoms with Gasteiger partial charge in [-0.1, -0.05) is 0 Å². The van der Waals surface area contributed by atoms with Crippen molar-refractivity contribution in [1.29, 1.82) is 0 Å². The van der Waals surface area contributed by atoms with Crippen LogP contribution in [-0.2, 0) is 0 Å². The van der Waals surface area contributed by atoms with Crippen LogP contribution in [0.25, 0.3) is 0 Å². The molecule has 0 spiro atoms. The molecule has 0 aliphatic carbocycles. The van der Waals surface area contributed by atoms with Gasteiger partial charge in [-0.25, -0.2) is 4.79 Å². The second-order valence-electron chi connectivity index (χ2n) is 6.57. The second-order valence-corrected chi connectivity index (χ2v) is 6.57. The summed E-state index contributed by atoms with van der Waals surface area (Å²) < 4.78 is 0. The van der Waals surface area contributed by atoms with E-state index in [4.69, 9.17) is 0 Å². The standard InChI is InChI=1S/C18H27N3O2/c1-13(2)21-10-4-5-15(12-21)11-19-18(23)20-17-8-6-16(7-9-17)14(3)22/h6-9,13,15H,4-5,10-12H2,1-3H3,(H2,19,20,23). The van der Waals surface area contributed by atoms with E-state index >= 15 is 0 Å². The SMILES string of the molecule is CC(=O)c1ccc(NC(=O)NCC2CCCN(C(C)C)C2)cc1. The van der Waals surface area contributed by atoms with Gasteiger partial charge in [0.15, 0.2) is 5.78 Å². The molecule has 1 aliphatic heterocycles. The van der Waals surface area contributed by atoms with Crippen LogP contribution in [0.5, 0.6) is 0 Å². The van der Waals surface area contributed by atoms with Gasteiger partial charge >= 0.3 is 6.03 Å².